The summed E-state index contributed by atoms with van der Waals surface area (Å²) in [6, 6.07) is 14.1. The average Bonchev–Trinajstić information content (AvgIpc) is 3.09. The molecule has 2 aromatic carbocycles. The lowest BCUT2D eigenvalue weighted by molar-refractivity contribution is -0.137. The van der Waals surface area contributed by atoms with Gasteiger partial charge in [0.1, 0.15) is 6.33 Å². The van der Waals surface area contributed by atoms with Gasteiger partial charge >= 0.3 is 6.18 Å². The lowest BCUT2D eigenvalue weighted by Gasteiger charge is -2.13. The van der Waals surface area contributed by atoms with Gasteiger partial charge in [-0.1, -0.05) is 42.1 Å². The molecule has 0 atom stereocenters. The molecule has 0 spiro atoms. The molecular weight excluding hydrogens is 365 g/mol. The van der Waals surface area contributed by atoms with Crippen LogP contribution in [0.2, 0.25) is 0 Å². The van der Waals surface area contributed by atoms with E-state index < -0.39 is 17.6 Å². The monoisotopic (exact) mass is 378 g/mol. The Morgan fingerprint density at radius 2 is 1.77 bits per heavy atom. The van der Waals surface area contributed by atoms with Crippen LogP contribution in [0.3, 0.4) is 0 Å². The Labute approximate surface area is 151 Å². The largest absolute Gasteiger partial charge is 0.418 e. The maximum atomic E-state index is 12.9. The summed E-state index contributed by atoms with van der Waals surface area (Å²) in [5.41, 5.74) is -0.339. The summed E-state index contributed by atoms with van der Waals surface area (Å²) < 4.78 is 40.4. The fourth-order valence-electron chi connectivity index (χ4n) is 2.17. The molecule has 3 aromatic rings. The van der Waals surface area contributed by atoms with Crippen LogP contribution >= 0.6 is 11.8 Å². The quantitative estimate of drug-likeness (QED) is 0.682. The van der Waals surface area contributed by atoms with Crippen LogP contribution in [0.1, 0.15) is 5.56 Å². The molecule has 0 unspecified atom stereocenters. The second-order valence-electron chi connectivity index (χ2n) is 5.19. The minimum atomic E-state index is -4.53. The van der Waals surface area contributed by atoms with Crippen molar-refractivity contribution in [1.29, 1.82) is 0 Å². The van der Waals surface area contributed by atoms with E-state index in [1.165, 1.54) is 24.5 Å². The zero-order valence-electron chi connectivity index (χ0n) is 13.3. The standard InChI is InChI=1S/C17H13F3N4OS/c18-17(19,20)13-8-4-5-9-14(13)22-15(25)10-26-16-21-11-24(23-16)12-6-2-1-3-7-12/h1-9,11H,10H2,(H,22,25). The Morgan fingerprint density at radius 1 is 1.08 bits per heavy atom. The summed E-state index contributed by atoms with van der Waals surface area (Å²) in [7, 11) is 0. The van der Waals surface area contributed by atoms with E-state index in [0.717, 1.165) is 23.5 Å². The van der Waals surface area contributed by atoms with Crippen molar-refractivity contribution in [1.82, 2.24) is 14.8 Å². The number of benzene rings is 2. The topological polar surface area (TPSA) is 59.8 Å². The molecular formula is C17H13F3N4OS. The lowest BCUT2D eigenvalue weighted by atomic mass is 10.1. The van der Waals surface area contributed by atoms with Crippen molar-refractivity contribution in [3.63, 3.8) is 0 Å². The summed E-state index contributed by atoms with van der Waals surface area (Å²) in [6.45, 7) is 0. The summed E-state index contributed by atoms with van der Waals surface area (Å²) >= 11 is 1.04. The zero-order valence-corrected chi connectivity index (χ0v) is 14.1. The number of alkyl halides is 3. The van der Waals surface area contributed by atoms with Crippen molar-refractivity contribution in [2.24, 2.45) is 0 Å². The number of thioether (sulfide) groups is 1. The number of para-hydroxylation sites is 2. The Hall–Kier alpha value is -2.81. The molecule has 3 rings (SSSR count). The second-order valence-corrected chi connectivity index (χ2v) is 6.13. The van der Waals surface area contributed by atoms with Crippen LogP contribution in [0.25, 0.3) is 5.69 Å². The van der Waals surface area contributed by atoms with Crippen LogP contribution in [0.15, 0.2) is 66.1 Å². The van der Waals surface area contributed by atoms with Crippen LogP contribution in [0.4, 0.5) is 18.9 Å². The van der Waals surface area contributed by atoms with Crippen LogP contribution in [-0.2, 0) is 11.0 Å². The number of hydrogen-bond acceptors (Lipinski definition) is 4. The molecule has 0 fully saturated rings. The third-order valence-electron chi connectivity index (χ3n) is 3.33. The van der Waals surface area contributed by atoms with E-state index in [1.807, 2.05) is 30.3 Å². The smallest absolute Gasteiger partial charge is 0.325 e. The van der Waals surface area contributed by atoms with Gasteiger partial charge in [-0.15, -0.1) is 5.10 Å². The van der Waals surface area contributed by atoms with E-state index in [0.29, 0.717) is 5.16 Å². The number of carbonyl (C=O) groups excluding carboxylic acids is 1. The van der Waals surface area contributed by atoms with E-state index in [-0.39, 0.29) is 11.4 Å². The van der Waals surface area contributed by atoms with Gasteiger partial charge in [-0.2, -0.15) is 13.2 Å². The third-order valence-corrected chi connectivity index (χ3v) is 4.18. The van der Waals surface area contributed by atoms with Crippen LogP contribution in [0, 0.1) is 0 Å². The van der Waals surface area contributed by atoms with Crippen molar-refractivity contribution >= 4 is 23.4 Å². The number of nitrogens with one attached hydrogen (secondary N) is 1. The number of nitrogens with zero attached hydrogens (tertiary/aromatic N) is 3. The Bertz CT molecular complexity index is 896. The molecule has 0 aliphatic heterocycles. The molecule has 26 heavy (non-hydrogen) atoms. The molecule has 1 amide bonds. The van der Waals surface area contributed by atoms with Gasteiger partial charge in [-0.3, -0.25) is 4.79 Å². The molecule has 1 heterocycles. The number of anilines is 1. The number of aromatic nitrogens is 3. The molecule has 0 saturated heterocycles. The molecule has 1 N–H and O–H groups in total. The van der Waals surface area contributed by atoms with E-state index in [2.05, 4.69) is 15.4 Å². The minimum absolute atomic E-state index is 0.106. The maximum absolute atomic E-state index is 12.9. The second kappa shape index (κ2) is 7.61. The fraction of sp³-hybridized carbons (Fsp3) is 0.118. The highest BCUT2D eigenvalue weighted by atomic mass is 32.2. The van der Waals surface area contributed by atoms with E-state index in [4.69, 9.17) is 0 Å². The van der Waals surface area contributed by atoms with Crippen LogP contribution in [-0.4, -0.2) is 26.4 Å². The number of halogens is 3. The first-order chi connectivity index (χ1) is 12.4. The van der Waals surface area contributed by atoms with Crippen LogP contribution < -0.4 is 5.32 Å². The predicted octanol–water partition coefficient (Wildman–Crippen LogP) is 4.02. The molecule has 0 aliphatic carbocycles. The van der Waals surface area contributed by atoms with Gasteiger partial charge < -0.3 is 5.32 Å². The van der Waals surface area contributed by atoms with Crippen molar-refractivity contribution in [3.8, 4) is 5.69 Å². The molecule has 0 radical (unpaired) electrons. The van der Waals surface area contributed by atoms with Gasteiger partial charge in [0.25, 0.3) is 0 Å². The Kier molecular flexibility index (Phi) is 5.27. The molecule has 0 saturated carbocycles. The molecule has 5 nitrogen and oxygen atoms in total. The van der Waals surface area contributed by atoms with Gasteiger partial charge in [0.05, 0.1) is 22.7 Å². The summed E-state index contributed by atoms with van der Waals surface area (Å²) in [5.74, 6) is -0.673. The van der Waals surface area contributed by atoms with Crippen molar-refractivity contribution in [2.75, 3.05) is 11.1 Å². The van der Waals surface area contributed by atoms with Gasteiger partial charge in [-0.25, -0.2) is 9.67 Å². The first-order valence-electron chi connectivity index (χ1n) is 7.49. The molecule has 1 aromatic heterocycles. The normalized spacial score (nSPS) is 11.3. The number of carbonyl (C=O) groups is 1. The molecule has 134 valence electrons. The summed E-state index contributed by atoms with van der Waals surface area (Å²) in [6.07, 6.45) is -3.03. The highest BCUT2D eigenvalue weighted by Gasteiger charge is 2.33. The lowest BCUT2D eigenvalue weighted by Crippen LogP contribution is -2.18. The van der Waals surface area contributed by atoms with Crippen molar-refractivity contribution < 1.29 is 18.0 Å². The van der Waals surface area contributed by atoms with Crippen molar-refractivity contribution in [2.45, 2.75) is 11.3 Å². The third kappa shape index (κ3) is 4.42. The maximum Gasteiger partial charge on any atom is 0.418 e. The first-order valence-corrected chi connectivity index (χ1v) is 8.48. The van der Waals surface area contributed by atoms with Gasteiger partial charge in [0.15, 0.2) is 0 Å². The summed E-state index contributed by atoms with van der Waals surface area (Å²) in [4.78, 5) is 16.1. The SMILES string of the molecule is O=C(CSc1ncn(-c2ccccc2)n1)Nc1ccccc1C(F)(F)F. The average molecular weight is 378 g/mol. The van der Waals surface area contributed by atoms with Gasteiger partial charge in [0.2, 0.25) is 11.1 Å². The zero-order chi connectivity index (χ0) is 18.6. The highest BCUT2D eigenvalue weighted by molar-refractivity contribution is 7.99. The predicted molar refractivity (Wildman–Crippen MR) is 92.2 cm³/mol. The van der Waals surface area contributed by atoms with E-state index in [1.54, 1.807) is 4.68 Å². The molecule has 0 bridgehead atoms. The van der Waals surface area contributed by atoms with Crippen molar-refractivity contribution in [3.05, 3.63) is 66.5 Å². The van der Waals surface area contributed by atoms with E-state index >= 15 is 0 Å². The summed E-state index contributed by atoms with van der Waals surface area (Å²) in [5, 5.41) is 6.86. The number of amides is 1. The fourth-order valence-corrected chi connectivity index (χ4v) is 2.77. The number of rotatable bonds is 5. The van der Waals surface area contributed by atoms with Crippen LogP contribution in [0.5, 0.6) is 0 Å². The minimum Gasteiger partial charge on any atom is -0.325 e. The highest BCUT2D eigenvalue weighted by Crippen LogP contribution is 2.34. The molecule has 9 heteroatoms. The van der Waals surface area contributed by atoms with Gasteiger partial charge in [0, 0.05) is 0 Å². The number of hydrogen-bond donors (Lipinski definition) is 1. The Balaban J connectivity index is 1.61. The molecule has 0 aliphatic rings. The first kappa shape index (κ1) is 18.0. The van der Waals surface area contributed by atoms with Gasteiger partial charge in [-0.05, 0) is 24.3 Å². The Morgan fingerprint density at radius 3 is 2.50 bits per heavy atom. The van der Waals surface area contributed by atoms with E-state index in [9.17, 15) is 18.0 Å².